The number of thiazole rings is 1. The summed E-state index contributed by atoms with van der Waals surface area (Å²) in [4.78, 5) is 3.43. The van der Waals surface area contributed by atoms with Crippen LogP contribution in [0.1, 0.15) is 0 Å². The molecule has 0 saturated carbocycles. The number of benzene rings is 2. The first kappa shape index (κ1) is 13.8. The Hall–Kier alpha value is -1.21. The summed E-state index contributed by atoms with van der Waals surface area (Å²) in [6, 6.07) is 11.1. The topological polar surface area (TPSA) is 49.9 Å². The Bertz CT molecular complexity index is 940. The third kappa shape index (κ3) is 2.40. The fourth-order valence-electron chi connectivity index (χ4n) is 1.85. The minimum absolute atomic E-state index is 0.218. The zero-order valence-electron chi connectivity index (χ0n) is 9.96. The summed E-state index contributed by atoms with van der Waals surface area (Å²) in [6.07, 6.45) is 0. The largest absolute Gasteiger partial charge is 0.337 e. The molecule has 0 atom stereocenters. The van der Waals surface area contributed by atoms with Crippen molar-refractivity contribution in [2.24, 2.45) is 0 Å². The second kappa shape index (κ2) is 4.96. The van der Waals surface area contributed by atoms with Gasteiger partial charge in [-0.05, 0) is 54.7 Å². The van der Waals surface area contributed by atoms with Gasteiger partial charge in [-0.15, -0.1) is 11.3 Å². The Balaban J connectivity index is 2.17. The van der Waals surface area contributed by atoms with Crippen molar-refractivity contribution in [1.82, 2.24) is 4.98 Å². The zero-order valence-corrected chi connectivity index (χ0v) is 13.2. The van der Waals surface area contributed by atoms with Crippen LogP contribution in [0.2, 0.25) is 5.02 Å². The average Bonchev–Trinajstić information content (AvgIpc) is 2.78. The van der Waals surface area contributed by atoms with Crippen LogP contribution in [0.5, 0.6) is 0 Å². The van der Waals surface area contributed by atoms with Gasteiger partial charge in [-0.3, -0.25) is 0 Å². The van der Waals surface area contributed by atoms with Crippen molar-refractivity contribution < 1.29 is 8.42 Å². The second-order valence-corrected chi connectivity index (χ2v) is 8.23. The molecule has 0 amide bonds. The molecule has 0 saturated heterocycles. The molecule has 102 valence electrons. The summed E-state index contributed by atoms with van der Waals surface area (Å²) in [5.74, 6) is 0. The lowest BCUT2D eigenvalue weighted by molar-refractivity contribution is 0.596. The Morgan fingerprint density at radius 3 is 2.40 bits per heavy atom. The van der Waals surface area contributed by atoms with Crippen molar-refractivity contribution in [3.05, 3.63) is 51.4 Å². The highest BCUT2D eigenvalue weighted by atomic mass is 35.5. The van der Waals surface area contributed by atoms with E-state index >= 15 is 0 Å². The van der Waals surface area contributed by atoms with Crippen LogP contribution >= 0.6 is 35.2 Å². The van der Waals surface area contributed by atoms with Gasteiger partial charge in [0.2, 0.25) is 9.84 Å². The van der Waals surface area contributed by atoms with Gasteiger partial charge in [-0.25, -0.2) is 8.42 Å². The monoisotopic (exact) mass is 341 g/mol. The van der Waals surface area contributed by atoms with Crippen LogP contribution in [-0.4, -0.2) is 13.4 Å². The van der Waals surface area contributed by atoms with Gasteiger partial charge >= 0.3 is 0 Å². The number of fused-ring (bicyclic) bond motifs is 1. The van der Waals surface area contributed by atoms with Gasteiger partial charge in [0.1, 0.15) is 0 Å². The number of sulfone groups is 1. The molecular formula is C13H8ClNO2S3. The molecule has 0 spiro atoms. The first-order chi connectivity index (χ1) is 9.46. The van der Waals surface area contributed by atoms with Crippen LogP contribution in [0.15, 0.2) is 52.3 Å². The lowest BCUT2D eigenvalue weighted by Crippen LogP contribution is -2.01. The third-order valence-electron chi connectivity index (χ3n) is 2.82. The van der Waals surface area contributed by atoms with Crippen molar-refractivity contribution in [1.29, 1.82) is 0 Å². The molecule has 1 N–H and O–H groups in total. The fourth-order valence-corrected chi connectivity index (χ4v) is 4.36. The van der Waals surface area contributed by atoms with Crippen LogP contribution in [0.3, 0.4) is 0 Å². The fraction of sp³-hybridized carbons (Fsp3) is 0. The predicted molar refractivity (Wildman–Crippen MR) is 83.9 cm³/mol. The van der Waals surface area contributed by atoms with E-state index in [-0.39, 0.29) is 9.79 Å². The quantitative estimate of drug-likeness (QED) is 0.701. The van der Waals surface area contributed by atoms with Crippen molar-refractivity contribution in [3.8, 4) is 0 Å². The van der Waals surface area contributed by atoms with Crippen LogP contribution < -0.4 is 0 Å². The molecule has 2 aromatic carbocycles. The molecule has 0 aliphatic rings. The third-order valence-corrected chi connectivity index (χ3v) is 6.06. The molecule has 0 aliphatic carbocycles. The summed E-state index contributed by atoms with van der Waals surface area (Å²) in [5, 5.41) is 0.501. The molecule has 20 heavy (non-hydrogen) atoms. The van der Waals surface area contributed by atoms with Gasteiger partial charge in [0.15, 0.2) is 3.95 Å². The first-order valence-electron chi connectivity index (χ1n) is 5.60. The molecule has 3 nitrogen and oxygen atoms in total. The summed E-state index contributed by atoms with van der Waals surface area (Å²) in [5.41, 5.74) is 0.732. The summed E-state index contributed by atoms with van der Waals surface area (Å²) in [6.45, 7) is 0. The highest BCUT2D eigenvalue weighted by molar-refractivity contribution is 7.91. The normalized spacial score (nSPS) is 11.8. The van der Waals surface area contributed by atoms with Gasteiger partial charge in [-0.2, -0.15) is 0 Å². The van der Waals surface area contributed by atoms with E-state index in [1.54, 1.807) is 30.3 Å². The van der Waals surface area contributed by atoms with Gasteiger partial charge in [0.25, 0.3) is 0 Å². The van der Waals surface area contributed by atoms with Gasteiger partial charge < -0.3 is 4.98 Å². The molecule has 0 unspecified atom stereocenters. The average molecular weight is 342 g/mol. The minimum atomic E-state index is -3.55. The molecule has 1 heterocycles. The Labute approximate surface area is 129 Å². The molecule has 0 bridgehead atoms. The van der Waals surface area contributed by atoms with Crippen molar-refractivity contribution in [2.45, 2.75) is 9.79 Å². The number of rotatable bonds is 2. The Morgan fingerprint density at radius 2 is 1.70 bits per heavy atom. The molecule has 3 rings (SSSR count). The van der Waals surface area contributed by atoms with E-state index in [1.807, 2.05) is 0 Å². The lowest BCUT2D eigenvalue weighted by Gasteiger charge is -2.04. The molecular weight excluding hydrogens is 334 g/mol. The molecule has 1 aromatic heterocycles. The molecule has 0 fully saturated rings. The van der Waals surface area contributed by atoms with Crippen molar-refractivity contribution in [3.63, 3.8) is 0 Å². The smallest absolute Gasteiger partial charge is 0.206 e. The highest BCUT2D eigenvalue weighted by Crippen LogP contribution is 2.27. The van der Waals surface area contributed by atoms with Crippen molar-refractivity contribution >= 4 is 55.2 Å². The maximum Gasteiger partial charge on any atom is 0.206 e. The van der Waals surface area contributed by atoms with Gasteiger partial charge in [-0.1, -0.05) is 11.6 Å². The molecule has 0 radical (unpaired) electrons. The van der Waals surface area contributed by atoms with Crippen LogP contribution in [0, 0.1) is 3.95 Å². The molecule has 0 aliphatic heterocycles. The minimum Gasteiger partial charge on any atom is -0.337 e. The number of H-pyrrole nitrogens is 1. The lowest BCUT2D eigenvalue weighted by atomic mass is 10.3. The van der Waals surface area contributed by atoms with E-state index in [0.29, 0.717) is 8.98 Å². The van der Waals surface area contributed by atoms with E-state index < -0.39 is 9.84 Å². The predicted octanol–water partition coefficient (Wildman–Crippen LogP) is 4.45. The summed E-state index contributed by atoms with van der Waals surface area (Å²) < 4.78 is 26.6. The van der Waals surface area contributed by atoms with Crippen LogP contribution in [0.25, 0.3) is 10.2 Å². The number of nitrogens with one attached hydrogen (secondary N) is 1. The van der Waals surface area contributed by atoms with Crippen LogP contribution in [0.4, 0.5) is 0 Å². The highest BCUT2D eigenvalue weighted by Gasteiger charge is 2.18. The first-order valence-corrected chi connectivity index (χ1v) is 8.69. The van der Waals surface area contributed by atoms with Crippen LogP contribution in [-0.2, 0) is 9.84 Å². The van der Waals surface area contributed by atoms with Crippen molar-refractivity contribution in [2.75, 3.05) is 0 Å². The number of hydrogen-bond acceptors (Lipinski definition) is 4. The molecule has 7 heteroatoms. The summed E-state index contributed by atoms with van der Waals surface area (Å²) in [7, 11) is -3.55. The Morgan fingerprint density at radius 1 is 1.05 bits per heavy atom. The van der Waals surface area contributed by atoms with Gasteiger partial charge in [0.05, 0.1) is 20.0 Å². The van der Waals surface area contributed by atoms with E-state index in [4.69, 9.17) is 23.8 Å². The second-order valence-electron chi connectivity index (χ2n) is 4.13. The van der Waals surface area contributed by atoms with E-state index in [2.05, 4.69) is 4.98 Å². The Kier molecular flexibility index (Phi) is 3.41. The number of aromatic nitrogens is 1. The van der Waals surface area contributed by atoms with Gasteiger partial charge in [0, 0.05) is 5.02 Å². The summed E-state index contributed by atoms with van der Waals surface area (Å²) >= 11 is 12.3. The SMILES string of the molecule is O=S(=O)(c1ccc(Cl)cc1)c1ccc2sc(=S)[nH]c2c1. The standard InChI is InChI=1S/C13H8ClNO2S3/c14-8-1-3-9(4-2-8)20(16,17)10-5-6-12-11(7-10)15-13(18)19-12/h1-7H,(H,15,18). The maximum absolute atomic E-state index is 12.5. The van der Waals surface area contributed by atoms with E-state index in [9.17, 15) is 8.42 Å². The number of aromatic amines is 1. The van der Waals surface area contributed by atoms with E-state index in [1.165, 1.54) is 23.5 Å². The zero-order chi connectivity index (χ0) is 14.3. The molecule has 3 aromatic rings. The van der Waals surface area contributed by atoms with E-state index in [0.717, 1.165) is 10.2 Å². The number of halogens is 1. The number of hydrogen-bond donors (Lipinski definition) is 1. The maximum atomic E-state index is 12.5.